The van der Waals surface area contributed by atoms with Crippen LogP contribution in [0.1, 0.15) is 65.2 Å². The molecule has 0 fully saturated rings. The maximum Gasteiger partial charge on any atom is 0.0805 e. The van der Waals surface area contributed by atoms with E-state index in [0.717, 1.165) is 5.56 Å². The molecule has 0 saturated carbocycles. The lowest BCUT2D eigenvalue weighted by molar-refractivity contribution is 0.133. The molecule has 20 heavy (non-hydrogen) atoms. The zero-order valence-corrected chi connectivity index (χ0v) is 14.4. The Morgan fingerprint density at radius 1 is 1.00 bits per heavy atom. The molecular formula is C17H30ClNO. The fourth-order valence-electron chi connectivity index (χ4n) is 1.94. The molecule has 0 aliphatic heterocycles. The van der Waals surface area contributed by atoms with Crippen molar-refractivity contribution in [3.05, 3.63) is 35.4 Å². The SMILES string of the molecule is CC(C)(C)c1ccc([C@@H](O)C[C@@H](N)C(C)(C)C)cc1.Cl. The highest BCUT2D eigenvalue weighted by Gasteiger charge is 2.24. The Kier molecular flexibility index (Phi) is 6.73. The number of aliphatic hydroxyl groups excluding tert-OH is 1. The molecule has 1 aromatic rings. The highest BCUT2D eigenvalue weighted by atomic mass is 35.5. The third kappa shape index (κ3) is 5.43. The second-order valence-electron chi connectivity index (χ2n) is 7.60. The molecule has 0 radical (unpaired) electrons. The minimum absolute atomic E-state index is 0. The van der Waals surface area contributed by atoms with Crippen LogP contribution in [-0.4, -0.2) is 11.1 Å². The van der Waals surface area contributed by atoms with Crippen molar-refractivity contribution in [2.45, 2.75) is 65.5 Å². The summed E-state index contributed by atoms with van der Waals surface area (Å²) in [6, 6.07) is 8.22. The van der Waals surface area contributed by atoms with Gasteiger partial charge in [-0.2, -0.15) is 0 Å². The van der Waals surface area contributed by atoms with Crippen molar-refractivity contribution in [3.8, 4) is 0 Å². The van der Waals surface area contributed by atoms with Crippen LogP contribution in [0.15, 0.2) is 24.3 Å². The standard InChI is InChI=1S/C17H29NO.ClH/c1-16(2,3)13-9-7-12(8-10-13)14(19)11-15(18)17(4,5)6;/h7-10,14-15,19H,11,18H2,1-6H3;1H/t14-,15+;/m0./s1. The fourth-order valence-corrected chi connectivity index (χ4v) is 1.94. The summed E-state index contributed by atoms with van der Waals surface area (Å²) in [6.07, 6.45) is 0.112. The number of aliphatic hydroxyl groups is 1. The topological polar surface area (TPSA) is 46.2 Å². The normalized spacial score (nSPS) is 15.4. The van der Waals surface area contributed by atoms with Gasteiger partial charge in [0.25, 0.3) is 0 Å². The first-order valence-electron chi connectivity index (χ1n) is 7.06. The predicted molar refractivity (Wildman–Crippen MR) is 89.4 cm³/mol. The molecule has 116 valence electrons. The molecule has 0 heterocycles. The molecule has 3 heteroatoms. The summed E-state index contributed by atoms with van der Waals surface area (Å²) in [7, 11) is 0. The summed E-state index contributed by atoms with van der Waals surface area (Å²) in [5.74, 6) is 0. The number of hydrogen-bond acceptors (Lipinski definition) is 2. The van der Waals surface area contributed by atoms with Gasteiger partial charge in [-0.25, -0.2) is 0 Å². The van der Waals surface area contributed by atoms with Crippen molar-refractivity contribution in [1.82, 2.24) is 0 Å². The van der Waals surface area contributed by atoms with E-state index >= 15 is 0 Å². The largest absolute Gasteiger partial charge is 0.388 e. The van der Waals surface area contributed by atoms with Crippen LogP contribution < -0.4 is 5.73 Å². The first kappa shape index (κ1) is 19.4. The lowest BCUT2D eigenvalue weighted by Gasteiger charge is -2.29. The molecule has 3 N–H and O–H groups in total. The Morgan fingerprint density at radius 2 is 1.45 bits per heavy atom. The summed E-state index contributed by atoms with van der Waals surface area (Å²) < 4.78 is 0. The third-order valence-electron chi connectivity index (χ3n) is 3.75. The van der Waals surface area contributed by atoms with Crippen molar-refractivity contribution in [1.29, 1.82) is 0 Å². The number of rotatable bonds is 3. The van der Waals surface area contributed by atoms with Gasteiger partial charge in [0.05, 0.1) is 6.10 Å². The Hall–Kier alpha value is -0.570. The molecule has 2 nitrogen and oxygen atoms in total. The second-order valence-corrected chi connectivity index (χ2v) is 7.60. The van der Waals surface area contributed by atoms with Gasteiger partial charge in [0.2, 0.25) is 0 Å². The van der Waals surface area contributed by atoms with Crippen LogP contribution in [0.2, 0.25) is 0 Å². The van der Waals surface area contributed by atoms with Crippen LogP contribution in [0, 0.1) is 5.41 Å². The van der Waals surface area contributed by atoms with Crippen molar-refractivity contribution in [2.24, 2.45) is 11.1 Å². The number of nitrogens with two attached hydrogens (primary N) is 1. The molecule has 1 aromatic carbocycles. The Bertz CT molecular complexity index is 400. The summed E-state index contributed by atoms with van der Waals surface area (Å²) in [5.41, 5.74) is 8.53. The molecule has 1 rings (SSSR count). The van der Waals surface area contributed by atoms with Crippen LogP contribution in [0.3, 0.4) is 0 Å². The maximum atomic E-state index is 10.3. The van der Waals surface area contributed by atoms with E-state index in [4.69, 9.17) is 5.73 Å². The van der Waals surface area contributed by atoms with E-state index in [1.54, 1.807) is 0 Å². The molecule has 0 aromatic heterocycles. The summed E-state index contributed by atoms with van der Waals surface area (Å²) in [6.45, 7) is 12.9. The van der Waals surface area contributed by atoms with Crippen LogP contribution in [0.25, 0.3) is 0 Å². The lowest BCUT2D eigenvalue weighted by atomic mass is 9.82. The zero-order valence-electron chi connectivity index (χ0n) is 13.6. The molecule has 0 spiro atoms. The summed E-state index contributed by atoms with van der Waals surface area (Å²) in [4.78, 5) is 0. The van der Waals surface area contributed by atoms with Gasteiger partial charge in [-0.1, -0.05) is 65.8 Å². The number of benzene rings is 1. The molecule has 0 unspecified atom stereocenters. The second kappa shape index (κ2) is 6.93. The minimum Gasteiger partial charge on any atom is -0.388 e. The van der Waals surface area contributed by atoms with Gasteiger partial charge in [0, 0.05) is 6.04 Å². The van der Waals surface area contributed by atoms with E-state index in [2.05, 4.69) is 53.7 Å². The molecule has 0 saturated heterocycles. The number of hydrogen-bond donors (Lipinski definition) is 2. The molecule has 0 bridgehead atoms. The average molecular weight is 300 g/mol. The van der Waals surface area contributed by atoms with Gasteiger partial charge in [-0.3, -0.25) is 0 Å². The van der Waals surface area contributed by atoms with Crippen molar-refractivity contribution < 1.29 is 5.11 Å². The van der Waals surface area contributed by atoms with Crippen LogP contribution >= 0.6 is 12.4 Å². The van der Waals surface area contributed by atoms with Crippen molar-refractivity contribution >= 4 is 12.4 Å². The van der Waals surface area contributed by atoms with Gasteiger partial charge in [-0.15, -0.1) is 12.4 Å². The van der Waals surface area contributed by atoms with Gasteiger partial charge in [-0.05, 0) is 28.4 Å². The van der Waals surface area contributed by atoms with Gasteiger partial charge in [0.1, 0.15) is 0 Å². The van der Waals surface area contributed by atoms with Crippen molar-refractivity contribution in [2.75, 3.05) is 0 Å². The van der Waals surface area contributed by atoms with Gasteiger partial charge in [0.15, 0.2) is 0 Å². The van der Waals surface area contributed by atoms with Crippen LogP contribution in [0.5, 0.6) is 0 Å². The Balaban J connectivity index is 0.00000361. The highest BCUT2D eigenvalue weighted by Crippen LogP contribution is 2.28. The maximum absolute atomic E-state index is 10.3. The molecule has 0 amide bonds. The first-order valence-corrected chi connectivity index (χ1v) is 7.06. The van der Waals surface area contributed by atoms with E-state index in [9.17, 15) is 5.11 Å². The quantitative estimate of drug-likeness (QED) is 0.878. The van der Waals surface area contributed by atoms with Gasteiger partial charge < -0.3 is 10.8 Å². The predicted octanol–water partition coefficient (Wildman–Crippen LogP) is 4.20. The Morgan fingerprint density at radius 3 is 1.80 bits per heavy atom. The molecule has 2 atom stereocenters. The van der Waals surface area contributed by atoms with Crippen LogP contribution in [-0.2, 0) is 5.41 Å². The number of halogens is 1. The van der Waals surface area contributed by atoms with Crippen molar-refractivity contribution in [3.63, 3.8) is 0 Å². The minimum atomic E-state index is -0.483. The highest BCUT2D eigenvalue weighted by molar-refractivity contribution is 5.85. The first-order chi connectivity index (χ1) is 8.51. The Labute approximate surface area is 130 Å². The lowest BCUT2D eigenvalue weighted by Crippen LogP contribution is -2.36. The van der Waals surface area contributed by atoms with E-state index < -0.39 is 6.10 Å². The van der Waals surface area contributed by atoms with Crippen LogP contribution in [0.4, 0.5) is 0 Å². The fraction of sp³-hybridized carbons (Fsp3) is 0.647. The monoisotopic (exact) mass is 299 g/mol. The van der Waals surface area contributed by atoms with E-state index in [1.165, 1.54) is 5.56 Å². The average Bonchev–Trinajstić information content (AvgIpc) is 2.26. The zero-order chi connectivity index (χ0) is 14.8. The molecular weight excluding hydrogens is 270 g/mol. The summed E-state index contributed by atoms with van der Waals surface area (Å²) >= 11 is 0. The smallest absolute Gasteiger partial charge is 0.0805 e. The van der Waals surface area contributed by atoms with E-state index in [0.29, 0.717) is 6.42 Å². The van der Waals surface area contributed by atoms with Gasteiger partial charge >= 0.3 is 0 Å². The molecule has 0 aliphatic carbocycles. The van der Waals surface area contributed by atoms with E-state index in [1.807, 2.05) is 12.1 Å². The third-order valence-corrected chi connectivity index (χ3v) is 3.75. The molecule has 0 aliphatic rings. The summed E-state index contributed by atoms with van der Waals surface area (Å²) in [5, 5.41) is 10.3. The van der Waals surface area contributed by atoms with E-state index in [-0.39, 0.29) is 29.3 Å².